The average Bonchev–Trinajstić information content (AvgIpc) is 2.96. The summed E-state index contributed by atoms with van der Waals surface area (Å²) in [6.45, 7) is 1.60. The van der Waals surface area contributed by atoms with Crippen LogP contribution in [-0.2, 0) is 15.9 Å². The minimum atomic E-state index is 0.0625. The van der Waals surface area contributed by atoms with Gasteiger partial charge in [0, 0.05) is 19.1 Å². The normalized spacial score (nSPS) is 10.8. The van der Waals surface area contributed by atoms with Crippen LogP contribution in [0.1, 0.15) is 5.82 Å². The number of nitrogens with zero attached hydrogens (tertiary/aromatic N) is 2. The van der Waals surface area contributed by atoms with E-state index in [2.05, 4.69) is 10.1 Å². The van der Waals surface area contributed by atoms with Gasteiger partial charge in [0.2, 0.25) is 0 Å². The molecule has 0 aliphatic rings. The lowest BCUT2D eigenvalue weighted by Gasteiger charge is -2.03. The van der Waals surface area contributed by atoms with Crippen molar-refractivity contribution in [2.75, 3.05) is 34.0 Å². The monoisotopic (exact) mass is 294 g/mol. The fourth-order valence-corrected chi connectivity index (χ4v) is 1.69. The maximum Gasteiger partial charge on any atom is 0.258 e. The first-order valence-corrected chi connectivity index (χ1v) is 6.51. The lowest BCUT2D eigenvalue weighted by atomic mass is 10.2. The second-order valence-electron chi connectivity index (χ2n) is 4.26. The van der Waals surface area contributed by atoms with Crippen LogP contribution in [0.5, 0.6) is 11.5 Å². The number of hydrogen-bond acceptors (Lipinski definition) is 7. The number of methoxy groups -OCH3 is 2. The van der Waals surface area contributed by atoms with Crippen molar-refractivity contribution in [2.45, 2.75) is 6.42 Å². The number of benzene rings is 1. The lowest BCUT2D eigenvalue weighted by Crippen LogP contribution is -2.05. The summed E-state index contributed by atoms with van der Waals surface area (Å²) in [5.41, 5.74) is 0.684. The van der Waals surface area contributed by atoms with Gasteiger partial charge in [0.25, 0.3) is 5.89 Å². The van der Waals surface area contributed by atoms with Crippen molar-refractivity contribution < 1.29 is 23.8 Å². The average molecular weight is 294 g/mol. The van der Waals surface area contributed by atoms with Gasteiger partial charge >= 0.3 is 0 Å². The topological polar surface area (TPSA) is 86.8 Å². The van der Waals surface area contributed by atoms with Gasteiger partial charge in [0.15, 0.2) is 17.3 Å². The maximum atomic E-state index is 9.56. The molecule has 0 saturated heterocycles. The molecule has 1 aromatic carbocycles. The Bertz CT molecular complexity index is 570. The van der Waals surface area contributed by atoms with Crippen molar-refractivity contribution in [2.24, 2.45) is 0 Å². The van der Waals surface area contributed by atoms with Crippen molar-refractivity contribution in [1.29, 1.82) is 0 Å². The molecule has 0 fully saturated rings. The highest BCUT2D eigenvalue weighted by atomic mass is 16.5. The minimum Gasteiger partial charge on any atom is -0.504 e. The van der Waals surface area contributed by atoms with Gasteiger partial charge in [-0.1, -0.05) is 5.16 Å². The highest BCUT2D eigenvalue weighted by molar-refractivity contribution is 5.59. The molecule has 0 aliphatic heterocycles. The Morgan fingerprint density at radius 1 is 1.19 bits per heavy atom. The SMILES string of the molecule is COCCOCCc1noc(-c2ccc(O)c(OC)c2)n1. The molecule has 0 unspecified atom stereocenters. The zero-order valence-electron chi connectivity index (χ0n) is 12.0. The van der Waals surface area contributed by atoms with Gasteiger partial charge in [0.05, 0.1) is 26.9 Å². The van der Waals surface area contributed by atoms with Crippen LogP contribution in [0.15, 0.2) is 22.7 Å². The van der Waals surface area contributed by atoms with E-state index in [1.165, 1.54) is 13.2 Å². The van der Waals surface area contributed by atoms with Gasteiger partial charge in [-0.15, -0.1) is 0 Å². The first-order valence-electron chi connectivity index (χ1n) is 6.51. The van der Waals surface area contributed by atoms with Crippen molar-refractivity contribution in [1.82, 2.24) is 10.1 Å². The summed E-state index contributed by atoms with van der Waals surface area (Å²) in [4.78, 5) is 4.28. The molecule has 7 nitrogen and oxygen atoms in total. The lowest BCUT2D eigenvalue weighted by molar-refractivity contribution is 0.0714. The zero-order chi connectivity index (χ0) is 15.1. The summed E-state index contributed by atoms with van der Waals surface area (Å²) in [6, 6.07) is 4.85. The third-order valence-corrected chi connectivity index (χ3v) is 2.80. The second-order valence-corrected chi connectivity index (χ2v) is 4.26. The van der Waals surface area contributed by atoms with Crippen LogP contribution in [-0.4, -0.2) is 49.3 Å². The summed E-state index contributed by atoms with van der Waals surface area (Å²) < 4.78 is 20.5. The van der Waals surface area contributed by atoms with Gasteiger partial charge < -0.3 is 23.8 Å². The Labute approximate surface area is 122 Å². The van der Waals surface area contributed by atoms with Gasteiger partial charge in [0.1, 0.15) is 0 Å². The largest absolute Gasteiger partial charge is 0.504 e. The van der Waals surface area contributed by atoms with Crippen molar-refractivity contribution >= 4 is 0 Å². The summed E-state index contributed by atoms with van der Waals surface area (Å²) in [5.74, 6) is 1.36. The molecule has 114 valence electrons. The first-order chi connectivity index (χ1) is 10.2. The van der Waals surface area contributed by atoms with Gasteiger partial charge in [-0.25, -0.2) is 0 Å². The van der Waals surface area contributed by atoms with Crippen LogP contribution >= 0.6 is 0 Å². The van der Waals surface area contributed by atoms with Crippen LogP contribution < -0.4 is 4.74 Å². The van der Waals surface area contributed by atoms with Crippen LogP contribution in [0.25, 0.3) is 11.5 Å². The summed E-state index contributed by atoms with van der Waals surface area (Å²) >= 11 is 0. The number of aromatic hydroxyl groups is 1. The van der Waals surface area contributed by atoms with Crippen molar-refractivity contribution in [3.63, 3.8) is 0 Å². The molecule has 1 aromatic heterocycles. The Morgan fingerprint density at radius 2 is 2.05 bits per heavy atom. The number of ether oxygens (including phenoxy) is 3. The fourth-order valence-electron chi connectivity index (χ4n) is 1.69. The third-order valence-electron chi connectivity index (χ3n) is 2.80. The molecule has 2 aromatic rings. The molecule has 0 atom stereocenters. The molecule has 0 aliphatic carbocycles. The number of rotatable bonds is 8. The second kappa shape index (κ2) is 7.61. The van der Waals surface area contributed by atoms with E-state index >= 15 is 0 Å². The first kappa shape index (κ1) is 15.3. The Morgan fingerprint density at radius 3 is 2.81 bits per heavy atom. The van der Waals surface area contributed by atoms with Crippen LogP contribution in [0.4, 0.5) is 0 Å². The molecule has 1 heterocycles. The molecule has 21 heavy (non-hydrogen) atoms. The van der Waals surface area contributed by atoms with E-state index < -0.39 is 0 Å². The van der Waals surface area contributed by atoms with Crippen LogP contribution in [0.3, 0.4) is 0 Å². The smallest absolute Gasteiger partial charge is 0.258 e. The van der Waals surface area contributed by atoms with Crippen molar-refractivity contribution in [3.8, 4) is 23.0 Å². The van der Waals surface area contributed by atoms with E-state index in [0.29, 0.717) is 49.3 Å². The van der Waals surface area contributed by atoms with Gasteiger partial charge in [-0.2, -0.15) is 4.98 Å². The molecule has 7 heteroatoms. The Hall–Kier alpha value is -2.12. The highest BCUT2D eigenvalue weighted by Gasteiger charge is 2.11. The van der Waals surface area contributed by atoms with Crippen LogP contribution in [0.2, 0.25) is 0 Å². The van der Waals surface area contributed by atoms with E-state index in [4.69, 9.17) is 18.7 Å². The minimum absolute atomic E-state index is 0.0625. The summed E-state index contributed by atoms with van der Waals surface area (Å²) in [7, 11) is 3.11. The summed E-state index contributed by atoms with van der Waals surface area (Å²) in [6.07, 6.45) is 0.558. The number of aromatic nitrogens is 2. The van der Waals surface area contributed by atoms with E-state index in [1.54, 1.807) is 19.2 Å². The van der Waals surface area contributed by atoms with Gasteiger partial charge in [-0.05, 0) is 18.2 Å². The molecular formula is C14H18N2O5. The van der Waals surface area contributed by atoms with E-state index in [9.17, 15) is 5.11 Å². The predicted octanol–water partition coefficient (Wildman–Crippen LogP) is 1.66. The quantitative estimate of drug-likeness (QED) is 0.741. The molecule has 0 spiro atoms. The molecule has 0 bridgehead atoms. The number of phenolic OH excluding ortho intramolecular Hbond substituents is 1. The Kier molecular flexibility index (Phi) is 5.53. The summed E-state index contributed by atoms with van der Waals surface area (Å²) in [5, 5.41) is 13.4. The van der Waals surface area contributed by atoms with Gasteiger partial charge in [-0.3, -0.25) is 0 Å². The maximum absolute atomic E-state index is 9.56. The van der Waals surface area contributed by atoms with Crippen LogP contribution in [0, 0.1) is 0 Å². The van der Waals surface area contributed by atoms with Crippen molar-refractivity contribution in [3.05, 3.63) is 24.0 Å². The van der Waals surface area contributed by atoms with E-state index in [-0.39, 0.29) is 5.75 Å². The Balaban J connectivity index is 1.96. The standard InChI is InChI=1S/C14H18N2O5/c1-18-7-8-20-6-5-13-15-14(21-16-13)10-3-4-11(17)12(9-10)19-2/h3-4,9,17H,5-8H2,1-2H3. The van der Waals surface area contributed by atoms with E-state index in [1.807, 2.05) is 0 Å². The predicted molar refractivity (Wildman–Crippen MR) is 74.3 cm³/mol. The third kappa shape index (κ3) is 4.17. The molecular weight excluding hydrogens is 276 g/mol. The molecule has 1 N–H and O–H groups in total. The van der Waals surface area contributed by atoms with E-state index in [0.717, 1.165) is 0 Å². The fraction of sp³-hybridized carbons (Fsp3) is 0.429. The molecule has 0 radical (unpaired) electrons. The highest BCUT2D eigenvalue weighted by Crippen LogP contribution is 2.30. The molecule has 0 amide bonds. The molecule has 0 saturated carbocycles. The number of hydrogen-bond donors (Lipinski definition) is 1. The molecule has 2 rings (SSSR count). The zero-order valence-corrected chi connectivity index (χ0v) is 12.0. The number of phenols is 1.